The van der Waals surface area contributed by atoms with E-state index in [2.05, 4.69) is 5.43 Å². The van der Waals surface area contributed by atoms with Gasteiger partial charge >= 0.3 is 5.97 Å². The summed E-state index contributed by atoms with van der Waals surface area (Å²) in [6.07, 6.45) is 1.90. The van der Waals surface area contributed by atoms with E-state index in [1.54, 1.807) is 0 Å². The van der Waals surface area contributed by atoms with Crippen LogP contribution in [0.15, 0.2) is 0 Å². The Labute approximate surface area is 83.0 Å². The first-order valence-corrected chi connectivity index (χ1v) is 4.48. The van der Waals surface area contributed by atoms with Crippen LogP contribution in [0.4, 0.5) is 0 Å². The molecule has 0 heterocycles. The van der Waals surface area contributed by atoms with Gasteiger partial charge in [-0.25, -0.2) is 5.01 Å². The summed E-state index contributed by atoms with van der Waals surface area (Å²) in [7, 11) is 1.51. The van der Waals surface area contributed by atoms with Crippen LogP contribution in [0.25, 0.3) is 0 Å². The number of carboxylic acid groups (broad SMARTS) is 1. The molecule has 0 rings (SSSR count). The molecule has 0 aliphatic heterocycles. The summed E-state index contributed by atoms with van der Waals surface area (Å²) >= 11 is 0. The molecule has 0 spiro atoms. The second-order valence-corrected chi connectivity index (χ2v) is 3.03. The maximum Gasteiger partial charge on any atom is 0.319 e. The van der Waals surface area contributed by atoms with Gasteiger partial charge in [-0.1, -0.05) is 0 Å². The Morgan fingerprint density at radius 3 is 2.57 bits per heavy atom. The van der Waals surface area contributed by atoms with Crippen LogP contribution in [-0.2, 0) is 9.59 Å². The Hall–Kier alpha value is -1.14. The number of hydrazine groups is 1. The number of aliphatic carboxylic acids is 1. The van der Waals surface area contributed by atoms with E-state index in [4.69, 9.17) is 10.8 Å². The van der Waals surface area contributed by atoms with Gasteiger partial charge in [0.05, 0.1) is 0 Å². The van der Waals surface area contributed by atoms with Crippen molar-refractivity contribution in [3.63, 3.8) is 0 Å². The number of carboxylic acids is 1. The molecule has 0 radical (unpaired) electrons. The zero-order chi connectivity index (χ0) is 11.0. The number of nitrogens with one attached hydrogen (secondary N) is 1. The molecule has 6 nitrogen and oxygen atoms in total. The SMILES string of the molecule is CN(CC(=O)O)NC(=O)CCCCN. The van der Waals surface area contributed by atoms with Gasteiger partial charge in [0.2, 0.25) is 5.91 Å². The monoisotopic (exact) mass is 203 g/mol. The van der Waals surface area contributed by atoms with Gasteiger partial charge in [0.15, 0.2) is 0 Å². The molecule has 6 heteroatoms. The van der Waals surface area contributed by atoms with Gasteiger partial charge in [-0.3, -0.25) is 15.0 Å². The van der Waals surface area contributed by atoms with E-state index in [9.17, 15) is 9.59 Å². The number of nitrogens with zero attached hydrogens (tertiary/aromatic N) is 1. The number of rotatable bonds is 7. The smallest absolute Gasteiger partial charge is 0.319 e. The predicted molar refractivity (Wildman–Crippen MR) is 51.3 cm³/mol. The lowest BCUT2D eigenvalue weighted by Crippen LogP contribution is -2.42. The van der Waals surface area contributed by atoms with Crippen molar-refractivity contribution in [3.05, 3.63) is 0 Å². The molecule has 82 valence electrons. The fourth-order valence-corrected chi connectivity index (χ4v) is 0.941. The number of carbonyl (C=O) groups is 2. The maximum atomic E-state index is 11.1. The lowest BCUT2D eigenvalue weighted by Gasteiger charge is -2.15. The summed E-state index contributed by atoms with van der Waals surface area (Å²) in [4.78, 5) is 21.4. The Morgan fingerprint density at radius 1 is 1.43 bits per heavy atom. The quantitative estimate of drug-likeness (QED) is 0.370. The molecular formula is C8H17N3O3. The van der Waals surface area contributed by atoms with Crippen LogP contribution in [0.3, 0.4) is 0 Å². The van der Waals surface area contributed by atoms with Crippen molar-refractivity contribution in [2.24, 2.45) is 5.73 Å². The van der Waals surface area contributed by atoms with Crippen molar-refractivity contribution in [2.45, 2.75) is 19.3 Å². The third-order valence-electron chi connectivity index (χ3n) is 1.55. The van der Waals surface area contributed by atoms with Crippen molar-refractivity contribution < 1.29 is 14.7 Å². The highest BCUT2D eigenvalue weighted by atomic mass is 16.4. The fraction of sp³-hybridized carbons (Fsp3) is 0.750. The average molecular weight is 203 g/mol. The van der Waals surface area contributed by atoms with Crippen LogP contribution in [0, 0.1) is 0 Å². The van der Waals surface area contributed by atoms with Crippen molar-refractivity contribution >= 4 is 11.9 Å². The second kappa shape index (κ2) is 7.28. The van der Waals surface area contributed by atoms with Gasteiger partial charge in [-0.15, -0.1) is 0 Å². The third-order valence-corrected chi connectivity index (χ3v) is 1.55. The molecule has 0 saturated carbocycles. The topological polar surface area (TPSA) is 95.7 Å². The molecule has 0 atom stereocenters. The fourth-order valence-electron chi connectivity index (χ4n) is 0.941. The lowest BCUT2D eigenvalue weighted by molar-refractivity contribution is -0.139. The number of carbonyl (C=O) groups excluding carboxylic acids is 1. The van der Waals surface area contributed by atoms with Gasteiger partial charge in [0.1, 0.15) is 6.54 Å². The van der Waals surface area contributed by atoms with Crippen molar-refractivity contribution in [1.82, 2.24) is 10.4 Å². The maximum absolute atomic E-state index is 11.1. The standard InChI is InChI=1S/C8H17N3O3/c1-11(6-8(13)14)10-7(12)4-2-3-5-9/h2-6,9H2,1H3,(H,10,12)(H,13,14). The van der Waals surface area contributed by atoms with Crippen molar-refractivity contribution in [3.8, 4) is 0 Å². The first kappa shape index (κ1) is 12.9. The summed E-state index contributed by atoms with van der Waals surface area (Å²) in [6, 6.07) is 0. The average Bonchev–Trinajstić information content (AvgIpc) is 2.02. The van der Waals surface area contributed by atoms with Gasteiger partial charge in [0, 0.05) is 13.5 Å². The van der Waals surface area contributed by atoms with Crippen LogP contribution >= 0.6 is 0 Å². The van der Waals surface area contributed by atoms with E-state index in [0.717, 1.165) is 12.8 Å². The summed E-state index contributed by atoms with van der Waals surface area (Å²) in [5, 5.41) is 9.64. The number of likely N-dealkylation sites (N-methyl/N-ethyl adjacent to an activating group) is 1. The van der Waals surface area contributed by atoms with Crippen LogP contribution in [-0.4, -0.2) is 42.1 Å². The summed E-state index contributed by atoms with van der Waals surface area (Å²) in [6.45, 7) is 0.362. The van der Waals surface area contributed by atoms with E-state index >= 15 is 0 Å². The van der Waals surface area contributed by atoms with Crippen LogP contribution in [0.5, 0.6) is 0 Å². The van der Waals surface area contributed by atoms with E-state index in [1.165, 1.54) is 12.1 Å². The minimum Gasteiger partial charge on any atom is -0.480 e. The molecule has 14 heavy (non-hydrogen) atoms. The summed E-state index contributed by atoms with van der Waals surface area (Å²) in [5.74, 6) is -1.16. The van der Waals surface area contributed by atoms with Crippen LogP contribution in [0.2, 0.25) is 0 Å². The van der Waals surface area contributed by atoms with E-state index < -0.39 is 5.97 Å². The third kappa shape index (κ3) is 7.51. The zero-order valence-corrected chi connectivity index (χ0v) is 8.32. The zero-order valence-electron chi connectivity index (χ0n) is 8.32. The highest BCUT2D eigenvalue weighted by Gasteiger charge is 2.07. The molecule has 0 unspecified atom stereocenters. The van der Waals surface area contributed by atoms with E-state index in [0.29, 0.717) is 13.0 Å². The predicted octanol–water partition coefficient (Wildman–Crippen LogP) is -0.837. The van der Waals surface area contributed by atoms with Gasteiger partial charge in [-0.2, -0.15) is 0 Å². The largest absolute Gasteiger partial charge is 0.480 e. The molecule has 0 aliphatic rings. The molecule has 4 N–H and O–H groups in total. The summed E-state index contributed by atoms with van der Waals surface area (Å²) < 4.78 is 0. The molecule has 0 bridgehead atoms. The Kier molecular flexibility index (Phi) is 6.69. The van der Waals surface area contributed by atoms with Gasteiger partial charge in [-0.05, 0) is 19.4 Å². The lowest BCUT2D eigenvalue weighted by atomic mass is 10.2. The first-order chi connectivity index (χ1) is 6.56. The van der Waals surface area contributed by atoms with Gasteiger partial charge < -0.3 is 10.8 Å². The van der Waals surface area contributed by atoms with Crippen LogP contribution in [0.1, 0.15) is 19.3 Å². The van der Waals surface area contributed by atoms with Crippen LogP contribution < -0.4 is 11.2 Å². The van der Waals surface area contributed by atoms with Gasteiger partial charge in [0.25, 0.3) is 0 Å². The Morgan fingerprint density at radius 2 is 2.07 bits per heavy atom. The number of nitrogens with two attached hydrogens (primary N) is 1. The minimum absolute atomic E-state index is 0.179. The number of hydrogen-bond acceptors (Lipinski definition) is 4. The summed E-state index contributed by atoms with van der Waals surface area (Å²) in [5.41, 5.74) is 7.70. The van der Waals surface area contributed by atoms with Crippen molar-refractivity contribution in [1.29, 1.82) is 0 Å². The Balaban J connectivity index is 3.55. The number of unbranched alkanes of at least 4 members (excludes halogenated alkanes) is 1. The minimum atomic E-state index is -0.977. The van der Waals surface area contributed by atoms with Crippen molar-refractivity contribution in [2.75, 3.05) is 20.1 Å². The molecule has 0 aromatic carbocycles. The highest BCUT2D eigenvalue weighted by molar-refractivity contribution is 5.76. The molecular weight excluding hydrogens is 186 g/mol. The molecule has 1 amide bonds. The number of hydrogen-bond donors (Lipinski definition) is 3. The normalized spacial score (nSPS) is 10.2. The molecule has 0 aliphatic carbocycles. The number of amides is 1. The first-order valence-electron chi connectivity index (χ1n) is 4.48. The molecule has 0 saturated heterocycles. The molecule has 0 aromatic rings. The second-order valence-electron chi connectivity index (χ2n) is 3.03. The molecule has 0 aromatic heterocycles. The van der Waals surface area contributed by atoms with E-state index in [-0.39, 0.29) is 12.5 Å². The molecule has 0 fully saturated rings. The van der Waals surface area contributed by atoms with E-state index in [1.807, 2.05) is 0 Å². The Bertz CT molecular complexity index is 196. The highest BCUT2D eigenvalue weighted by Crippen LogP contribution is 1.93.